The second-order valence-electron chi connectivity index (χ2n) is 4.40. The Kier molecular flexibility index (Phi) is 6.78. The average molecular weight is 272 g/mol. The summed E-state index contributed by atoms with van der Waals surface area (Å²) in [4.78, 5) is 33.8. The van der Waals surface area contributed by atoms with Crippen molar-refractivity contribution in [1.29, 1.82) is 0 Å². The Labute approximate surface area is 112 Å². The van der Waals surface area contributed by atoms with E-state index in [4.69, 9.17) is 0 Å². The van der Waals surface area contributed by atoms with Gasteiger partial charge in [-0.15, -0.1) is 0 Å². The third kappa shape index (κ3) is 6.01. The van der Waals surface area contributed by atoms with Crippen LogP contribution >= 0.6 is 0 Å². The lowest BCUT2D eigenvalue weighted by Gasteiger charge is -2.24. The highest BCUT2D eigenvalue weighted by Gasteiger charge is 2.28. The Morgan fingerprint density at radius 3 is 2.47 bits per heavy atom. The molecule has 7 nitrogen and oxygen atoms in total. The van der Waals surface area contributed by atoms with Gasteiger partial charge in [-0.1, -0.05) is 6.58 Å². The number of rotatable bonds is 7. The molecule has 0 aromatic rings. The number of aliphatic hydroxyl groups is 1. The number of carbonyl (C=O) groups is 3. The van der Waals surface area contributed by atoms with Crippen LogP contribution < -0.4 is 10.6 Å². The first-order valence-electron chi connectivity index (χ1n) is 5.73. The van der Waals surface area contributed by atoms with Gasteiger partial charge in [0.2, 0.25) is 11.8 Å². The van der Waals surface area contributed by atoms with E-state index in [1.807, 2.05) is 0 Å². The van der Waals surface area contributed by atoms with Crippen LogP contribution in [-0.2, 0) is 19.1 Å². The third-order valence-electron chi connectivity index (χ3n) is 2.37. The van der Waals surface area contributed by atoms with E-state index < -0.39 is 29.4 Å². The number of amides is 2. The largest absolute Gasteiger partial charge is 0.467 e. The van der Waals surface area contributed by atoms with Crippen LogP contribution in [0.5, 0.6) is 0 Å². The summed E-state index contributed by atoms with van der Waals surface area (Å²) in [7, 11) is 1.16. The van der Waals surface area contributed by atoms with Gasteiger partial charge in [-0.25, -0.2) is 4.79 Å². The predicted octanol–water partition coefficient (Wildman–Crippen LogP) is -0.893. The molecule has 1 unspecified atom stereocenters. The van der Waals surface area contributed by atoms with Crippen LogP contribution in [0.25, 0.3) is 0 Å². The lowest BCUT2D eigenvalue weighted by atomic mass is 10.0. The average Bonchev–Trinajstić information content (AvgIpc) is 2.36. The van der Waals surface area contributed by atoms with Gasteiger partial charge in [0.1, 0.15) is 5.54 Å². The first-order chi connectivity index (χ1) is 8.74. The Hall–Kier alpha value is -1.89. The SMILES string of the molecule is C=CC(=O)NC(C)(C)C(=O)NCCC(O)C(=O)OC. The van der Waals surface area contributed by atoms with Gasteiger partial charge >= 0.3 is 5.97 Å². The van der Waals surface area contributed by atoms with E-state index in [2.05, 4.69) is 21.9 Å². The summed E-state index contributed by atoms with van der Waals surface area (Å²) >= 11 is 0. The summed E-state index contributed by atoms with van der Waals surface area (Å²) in [5.41, 5.74) is -1.11. The third-order valence-corrected chi connectivity index (χ3v) is 2.37. The second-order valence-corrected chi connectivity index (χ2v) is 4.40. The number of carbonyl (C=O) groups excluding carboxylic acids is 3. The molecule has 0 aliphatic carbocycles. The van der Waals surface area contributed by atoms with E-state index >= 15 is 0 Å². The van der Waals surface area contributed by atoms with E-state index in [0.717, 1.165) is 13.2 Å². The highest BCUT2D eigenvalue weighted by atomic mass is 16.5. The van der Waals surface area contributed by atoms with Crippen LogP contribution in [0.4, 0.5) is 0 Å². The maximum Gasteiger partial charge on any atom is 0.334 e. The number of ether oxygens (including phenoxy) is 1. The molecule has 0 aliphatic rings. The molecule has 0 rings (SSSR count). The van der Waals surface area contributed by atoms with Crippen LogP contribution in [0.3, 0.4) is 0 Å². The molecule has 0 aromatic heterocycles. The molecule has 0 bridgehead atoms. The van der Waals surface area contributed by atoms with Gasteiger partial charge in [0, 0.05) is 13.0 Å². The molecule has 0 aromatic carbocycles. The van der Waals surface area contributed by atoms with E-state index in [1.54, 1.807) is 0 Å². The van der Waals surface area contributed by atoms with E-state index in [0.29, 0.717) is 0 Å². The molecule has 0 heterocycles. The molecule has 0 radical (unpaired) electrons. The molecule has 0 saturated heterocycles. The Morgan fingerprint density at radius 1 is 1.42 bits per heavy atom. The number of hydrogen-bond donors (Lipinski definition) is 3. The van der Waals surface area contributed by atoms with Crippen molar-refractivity contribution in [3.05, 3.63) is 12.7 Å². The molecule has 108 valence electrons. The highest BCUT2D eigenvalue weighted by molar-refractivity contribution is 5.94. The molecule has 0 fully saturated rings. The Morgan fingerprint density at radius 2 is 2.00 bits per heavy atom. The summed E-state index contributed by atoms with van der Waals surface area (Å²) in [6.45, 7) is 6.43. The van der Waals surface area contributed by atoms with Gasteiger partial charge in [-0.05, 0) is 19.9 Å². The fraction of sp³-hybridized carbons (Fsp3) is 0.583. The van der Waals surface area contributed by atoms with Crippen LogP contribution in [0.2, 0.25) is 0 Å². The summed E-state index contributed by atoms with van der Waals surface area (Å²) in [6, 6.07) is 0. The number of esters is 1. The predicted molar refractivity (Wildman–Crippen MR) is 68.1 cm³/mol. The van der Waals surface area contributed by atoms with Gasteiger partial charge in [-0.2, -0.15) is 0 Å². The molecular formula is C12H20N2O5. The van der Waals surface area contributed by atoms with Crippen molar-refractivity contribution in [1.82, 2.24) is 10.6 Å². The molecule has 3 N–H and O–H groups in total. The standard InChI is InChI=1S/C12H20N2O5/c1-5-9(16)14-12(2,3)11(18)13-7-6-8(15)10(17)19-4/h5,8,15H,1,6-7H2,2-4H3,(H,13,18)(H,14,16). The Balaban J connectivity index is 4.20. The van der Waals surface area contributed by atoms with E-state index in [1.165, 1.54) is 13.8 Å². The molecule has 0 saturated carbocycles. The first kappa shape index (κ1) is 17.1. The van der Waals surface area contributed by atoms with Gasteiger partial charge in [-0.3, -0.25) is 9.59 Å². The zero-order chi connectivity index (χ0) is 15.1. The zero-order valence-corrected chi connectivity index (χ0v) is 11.4. The fourth-order valence-electron chi connectivity index (χ4n) is 1.21. The minimum Gasteiger partial charge on any atom is -0.467 e. The van der Waals surface area contributed by atoms with Crippen molar-refractivity contribution in [2.75, 3.05) is 13.7 Å². The molecule has 0 spiro atoms. The molecule has 19 heavy (non-hydrogen) atoms. The minimum absolute atomic E-state index is 0.0316. The van der Waals surface area contributed by atoms with E-state index in [-0.39, 0.29) is 13.0 Å². The number of aliphatic hydroxyl groups excluding tert-OH is 1. The van der Waals surface area contributed by atoms with Crippen molar-refractivity contribution < 1.29 is 24.2 Å². The molecule has 2 amide bonds. The monoisotopic (exact) mass is 272 g/mol. The van der Waals surface area contributed by atoms with Crippen molar-refractivity contribution in [3.63, 3.8) is 0 Å². The van der Waals surface area contributed by atoms with Crippen LogP contribution in [-0.4, -0.2) is 48.2 Å². The number of nitrogens with one attached hydrogen (secondary N) is 2. The summed E-state index contributed by atoms with van der Waals surface area (Å²) in [6.07, 6.45) is -0.184. The minimum atomic E-state index is -1.28. The highest BCUT2D eigenvalue weighted by Crippen LogP contribution is 2.02. The van der Waals surface area contributed by atoms with Gasteiger partial charge in [0.05, 0.1) is 7.11 Å². The first-order valence-corrected chi connectivity index (χ1v) is 5.73. The van der Waals surface area contributed by atoms with Crippen molar-refractivity contribution >= 4 is 17.8 Å². The Bertz CT molecular complexity index is 365. The van der Waals surface area contributed by atoms with Crippen molar-refractivity contribution in [3.8, 4) is 0 Å². The van der Waals surface area contributed by atoms with E-state index in [9.17, 15) is 19.5 Å². The quantitative estimate of drug-likeness (QED) is 0.412. The zero-order valence-electron chi connectivity index (χ0n) is 11.4. The number of hydrogen-bond acceptors (Lipinski definition) is 5. The van der Waals surface area contributed by atoms with Crippen molar-refractivity contribution in [2.24, 2.45) is 0 Å². The summed E-state index contributed by atoms with van der Waals surface area (Å²) < 4.78 is 4.33. The maximum absolute atomic E-state index is 11.8. The van der Waals surface area contributed by atoms with Gasteiger partial charge in [0.25, 0.3) is 0 Å². The maximum atomic E-state index is 11.8. The summed E-state index contributed by atoms with van der Waals surface area (Å²) in [5.74, 6) is -1.65. The van der Waals surface area contributed by atoms with Crippen molar-refractivity contribution in [2.45, 2.75) is 31.9 Å². The van der Waals surface area contributed by atoms with Crippen LogP contribution in [0, 0.1) is 0 Å². The molecule has 7 heteroatoms. The van der Waals surface area contributed by atoms with Gasteiger partial charge in [0.15, 0.2) is 6.10 Å². The molecule has 0 aliphatic heterocycles. The lowest BCUT2D eigenvalue weighted by Crippen LogP contribution is -2.54. The number of methoxy groups -OCH3 is 1. The molecule has 1 atom stereocenters. The fourth-order valence-corrected chi connectivity index (χ4v) is 1.21. The molecular weight excluding hydrogens is 252 g/mol. The second kappa shape index (κ2) is 7.52. The smallest absolute Gasteiger partial charge is 0.334 e. The van der Waals surface area contributed by atoms with Crippen LogP contribution in [0.1, 0.15) is 20.3 Å². The normalized spacial score (nSPS) is 12.2. The topological polar surface area (TPSA) is 105 Å². The van der Waals surface area contributed by atoms with Crippen LogP contribution in [0.15, 0.2) is 12.7 Å². The summed E-state index contributed by atoms with van der Waals surface area (Å²) in [5, 5.41) is 14.3. The lowest BCUT2D eigenvalue weighted by molar-refractivity contribution is -0.150. The van der Waals surface area contributed by atoms with Gasteiger partial charge < -0.3 is 20.5 Å².